The van der Waals surface area contributed by atoms with Gasteiger partial charge in [0.05, 0.1) is 0 Å². The first kappa shape index (κ1) is 16.3. The zero-order valence-electron chi connectivity index (χ0n) is 11.8. The maximum atomic E-state index is 12.4. The molecule has 2 rings (SSSR count). The van der Waals surface area contributed by atoms with Crippen LogP contribution in [0.25, 0.3) is 0 Å². The monoisotopic (exact) mass is 409 g/mol. The molecule has 0 heterocycles. The van der Waals surface area contributed by atoms with Gasteiger partial charge in [0.2, 0.25) is 5.91 Å². The molecule has 1 atom stereocenters. The Labute approximate surface area is 142 Å². The molecule has 0 aliphatic carbocycles. The van der Waals surface area contributed by atoms with Gasteiger partial charge in [0.15, 0.2) is 0 Å². The number of carbonyl (C=O) groups excluding carboxylic acids is 2. The van der Waals surface area contributed by atoms with Crippen LogP contribution in [0.1, 0.15) is 5.56 Å². The van der Waals surface area contributed by atoms with Gasteiger partial charge in [-0.15, -0.1) is 0 Å². The van der Waals surface area contributed by atoms with Crippen LogP contribution in [0.3, 0.4) is 0 Å². The molecular weight excluding hydrogens is 393 g/mol. The van der Waals surface area contributed by atoms with E-state index in [4.69, 9.17) is 5.73 Å². The number of carbonyl (C=O) groups is 2. The lowest BCUT2D eigenvalue weighted by Crippen LogP contribution is -2.47. The number of hydrogen-bond donors (Lipinski definition) is 3. The predicted octanol–water partition coefficient (Wildman–Crippen LogP) is 2.51. The molecule has 6 heteroatoms. The maximum absolute atomic E-state index is 12.4. The van der Waals surface area contributed by atoms with Crippen LogP contribution in [0.15, 0.2) is 54.6 Å². The summed E-state index contributed by atoms with van der Waals surface area (Å²) in [6.07, 6.45) is 0.375. The number of benzene rings is 2. The summed E-state index contributed by atoms with van der Waals surface area (Å²) in [5.41, 5.74) is 6.79. The normalized spacial score (nSPS) is 11.5. The molecule has 5 nitrogen and oxygen atoms in total. The number of nitrogens with one attached hydrogen (secondary N) is 2. The second-order valence-corrected chi connectivity index (χ2v) is 5.99. The molecule has 0 saturated heterocycles. The van der Waals surface area contributed by atoms with E-state index in [1.54, 1.807) is 0 Å². The van der Waals surface area contributed by atoms with E-state index in [9.17, 15) is 9.59 Å². The number of urea groups is 1. The summed E-state index contributed by atoms with van der Waals surface area (Å²) in [5.74, 6) is -0.302. The zero-order valence-corrected chi connectivity index (χ0v) is 13.9. The lowest BCUT2D eigenvalue weighted by molar-refractivity contribution is -0.117. The molecule has 0 bridgehead atoms. The van der Waals surface area contributed by atoms with E-state index >= 15 is 0 Å². The molecule has 2 aromatic rings. The molecule has 0 radical (unpaired) electrons. The van der Waals surface area contributed by atoms with Gasteiger partial charge in [-0.05, 0) is 52.4 Å². The van der Waals surface area contributed by atoms with Crippen LogP contribution in [-0.4, -0.2) is 18.0 Å². The van der Waals surface area contributed by atoms with Crippen molar-refractivity contribution in [2.45, 2.75) is 12.5 Å². The largest absolute Gasteiger partial charge is 0.352 e. The first-order valence-corrected chi connectivity index (χ1v) is 7.79. The fourth-order valence-electron chi connectivity index (χ4n) is 1.99. The maximum Gasteiger partial charge on any atom is 0.312 e. The Balaban J connectivity index is 2.08. The van der Waals surface area contributed by atoms with Gasteiger partial charge in [0, 0.05) is 15.7 Å². The Bertz CT molecular complexity index is 644. The summed E-state index contributed by atoms with van der Waals surface area (Å²) in [7, 11) is 0. The summed E-state index contributed by atoms with van der Waals surface area (Å²) < 4.78 is 1.08. The third-order valence-corrected chi connectivity index (χ3v) is 3.75. The van der Waals surface area contributed by atoms with Crippen molar-refractivity contribution in [3.8, 4) is 0 Å². The Hall–Kier alpha value is -2.09. The predicted molar refractivity (Wildman–Crippen MR) is 94.4 cm³/mol. The van der Waals surface area contributed by atoms with E-state index in [1.165, 1.54) is 0 Å². The van der Waals surface area contributed by atoms with Gasteiger partial charge in [-0.1, -0.05) is 30.3 Å². The van der Waals surface area contributed by atoms with E-state index in [1.807, 2.05) is 54.6 Å². The minimum atomic E-state index is -0.723. The second kappa shape index (κ2) is 7.79. The molecule has 4 N–H and O–H groups in total. The highest BCUT2D eigenvalue weighted by atomic mass is 127. The van der Waals surface area contributed by atoms with Crippen molar-refractivity contribution in [1.29, 1.82) is 0 Å². The Morgan fingerprint density at radius 1 is 1.05 bits per heavy atom. The molecule has 22 heavy (non-hydrogen) atoms. The van der Waals surface area contributed by atoms with Crippen molar-refractivity contribution >= 4 is 40.2 Å². The van der Waals surface area contributed by atoms with Crippen LogP contribution < -0.4 is 16.4 Å². The number of rotatable bonds is 5. The van der Waals surface area contributed by atoms with Gasteiger partial charge in [0.1, 0.15) is 6.04 Å². The summed E-state index contributed by atoms with van der Waals surface area (Å²) >= 11 is 2.19. The van der Waals surface area contributed by atoms with Gasteiger partial charge < -0.3 is 16.4 Å². The van der Waals surface area contributed by atoms with Crippen LogP contribution in [0, 0.1) is 3.57 Å². The van der Waals surface area contributed by atoms with Crippen LogP contribution in [0.2, 0.25) is 0 Å². The minimum Gasteiger partial charge on any atom is -0.352 e. The van der Waals surface area contributed by atoms with E-state index < -0.39 is 12.1 Å². The van der Waals surface area contributed by atoms with Crippen molar-refractivity contribution in [3.63, 3.8) is 0 Å². The van der Waals surface area contributed by atoms with Gasteiger partial charge >= 0.3 is 6.03 Å². The van der Waals surface area contributed by atoms with Crippen molar-refractivity contribution in [2.24, 2.45) is 5.73 Å². The average Bonchev–Trinajstić information content (AvgIpc) is 2.49. The van der Waals surface area contributed by atoms with Gasteiger partial charge in [-0.3, -0.25) is 4.79 Å². The lowest BCUT2D eigenvalue weighted by Gasteiger charge is -2.17. The SMILES string of the molecule is NC(=O)NC(Cc1ccccc1)C(=O)Nc1ccc(I)cc1. The van der Waals surface area contributed by atoms with Gasteiger partial charge in [-0.2, -0.15) is 0 Å². The molecule has 1 unspecified atom stereocenters. The third-order valence-electron chi connectivity index (χ3n) is 3.03. The van der Waals surface area contributed by atoms with Crippen molar-refractivity contribution in [3.05, 3.63) is 63.7 Å². The molecule has 0 fully saturated rings. The van der Waals surface area contributed by atoms with E-state index in [-0.39, 0.29) is 5.91 Å². The molecule has 3 amide bonds. The van der Waals surface area contributed by atoms with Crippen LogP contribution >= 0.6 is 22.6 Å². The van der Waals surface area contributed by atoms with Crippen LogP contribution in [0.4, 0.5) is 10.5 Å². The summed E-state index contributed by atoms with van der Waals surface area (Å²) in [5, 5.41) is 5.27. The van der Waals surface area contributed by atoms with Gasteiger partial charge in [0.25, 0.3) is 0 Å². The molecule has 0 aromatic heterocycles. The van der Waals surface area contributed by atoms with Crippen molar-refractivity contribution in [1.82, 2.24) is 5.32 Å². The van der Waals surface area contributed by atoms with Crippen LogP contribution in [0.5, 0.6) is 0 Å². The first-order chi connectivity index (χ1) is 10.5. The molecular formula is C16H16IN3O2. The molecule has 0 saturated carbocycles. The molecule has 114 valence electrons. The smallest absolute Gasteiger partial charge is 0.312 e. The Kier molecular flexibility index (Phi) is 5.76. The topological polar surface area (TPSA) is 84.2 Å². The number of amides is 3. The molecule has 0 spiro atoms. The summed E-state index contributed by atoms with van der Waals surface area (Å²) in [6.45, 7) is 0. The van der Waals surface area contributed by atoms with E-state index in [2.05, 4.69) is 33.2 Å². The number of nitrogens with two attached hydrogens (primary N) is 1. The molecule has 0 aliphatic rings. The number of anilines is 1. The number of primary amides is 1. The van der Waals surface area contributed by atoms with Crippen molar-refractivity contribution < 1.29 is 9.59 Å². The summed E-state index contributed by atoms with van der Waals surface area (Å²) in [4.78, 5) is 23.5. The van der Waals surface area contributed by atoms with Crippen molar-refractivity contribution in [2.75, 3.05) is 5.32 Å². The highest BCUT2D eigenvalue weighted by Gasteiger charge is 2.20. The fourth-order valence-corrected chi connectivity index (χ4v) is 2.35. The average molecular weight is 409 g/mol. The standard InChI is InChI=1S/C16H16IN3O2/c17-12-6-8-13(9-7-12)19-15(21)14(20-16(18)22)10-11-4-2-1-3-5-11/h1-9,14H,10H2,(H,19,21)(H3,18,20,22). The first-order valence-electron chi connectivity index (χ1n) is 6.71. The number of hydrogen-bond acceptors (Lipinski definition) is 2. The molecule has 2 aromatic carbocycles. The highest BCUT2D eigenvalue weighted by Crippen LogP contribution is 2.12. The van der Waals surface area contributed by atoms with Gasteiger partial charge in [-0.25, -0.2) is 4.79 Å². The Morgan fingerprint density at radius 3 is 2.27 bits per heavy atom. The Morgan fingerprint density at radius 2 is 1.68 bits per heavy atom. The summed E-state index contributed by atoms with van der Waals surface area (Å²) in [6, 6.07) is 15.4. The quantitative estimate of drug-likeness (QED) is 0.664. The highest BCUT2D eigenvalue weighted by molar-refractivity contribution is 14.1. The third kappa shape index (κ3) is 5.03. The second-order valence-electron chi connectivity index (χ2n) is 4.75. The minimum absolute atomic E-state index is 0.302. The van der Waals surface area contributed by atoms with E-state index in [0.717, 1.165) is 9.13 Å². The van der Waals surface area contributed by atoms with E-state index in [0.29, 0.717) is 12.1 Å². The number of halogens is 1. The zero-order chi connectivity index (χ0) is 15.9. The molecule has 0 aliphatic heterocycles. The van der Waals surface area contributed by atoms with Crippen LogP contribution in [-0.2, 0) is 11.2 Å². The lowest BCUT2D eigenvalue weighted by atomic mass is 10.1. The fraction of sp³-hybridized carbons (Fsp3) is 0.125.